The molecule has 0 spiro atoms. The molecule has 1 aromatic carbocycles. The number of nitrogens with two attached hydrogens (primary N) is 1. The largest absolute Gasteiger partial charge is 0.479 e. The van der Waals surface area contributed by atoms with Crippen LogP contribution in [0.3, 0.4) is 0 Å². The zero-order valence-electron chi connectivity index (χ0n) is 13.7. The van der Waals surface area contributed by atoms with Crippen molar-refractivity contribution in [2.24, 2.45) is 11.7 Å². The first-order chi connectivity index (χ1) is 11.3. The number of nitrogens with one attached hydrogen (secondary N) is 2. The maximum Gasteiger partial charge on any atom is 0.408 e. The fraction of sp³-hybridized carbons (Fsp3) is 0.438. The van der Waals surface area contributed by atoms with Crippen molar-refractivity contribution in [3.63, 3.8) is 0 Å². The molecule has 0 fully saturated rings. The average Bonchev–Trinajstić information content (AvgIpc) is 2.52. The number of aliphatic carboxylic acids is 1. The second-order valence-electron chi connectivity index (χ2n) is 5.71. The Hall–Kier alpha value is -2.61. The van der Waals surface area contributed by atoms with Crippen LogP contribution in [0.15, 0.2) is 30.3 Å². The lowest BCUT2D eigenvalue weighted by molar-refractivity contribution is -0.142. The summed E-state index contributed by atoms with van der Waals surface area (Å²) in [7, 11) is 0. The smallest absolute Gasteiger partial charge is 0.408 e. The summed E-state index contributed by atoms with van der Waals surface area (Å²) in [5.41, 5.74) is 6.09. The first kappa shape index (κ1) is 19.4. The molecule has 1 aromatic rings. The summed E-state index contributed by atoms with van der Waals surface area (Å²) in [6.45, 7) is 3.81. The molecular formula is C16H23N3O5. The van der Waals surface area contributed by atoms with Crippen LogP contribution in [0.1, 0.15) is 25.8 Å². The third-order valence-electron chi connectivity index (χ3n) is 3.09. The molecule has 0 heterocycles. The van der Waals surface area contributed by atoms with E-state index in [4.69, 9.17) is 15.6 Å². The molecule has 1 rings (SSSR count). The summed E-state index contributed by atoms with van der Waals surface area (Å²) in [5, 5.41) is 13.3. The second kappa shape index (κ2) is 9.51. The van der Waals surface area contributed by atoms with Crippen molar-refractivity contribution in [2.75, 3.05) is 0 Å². The van der Waals surface area contributed by atoms with E-state index in [1.54, 1.807) is 12.1 Å². The van der Waals surface area contributed by atoms with Crippen LogP contribution in [-0.4, -0.2) is 35.3 Å². The van der Waals surface area contributed by atoms with Crippen molar-refractivity contribution in [1.82, 2.24) is 10.6 Å². The number of carboxylic acids is 1. The third-order valence-corrected chi connectivity index (χ3v) is 3.09. The highest BCUT2D eigenvalue weighted by atomic mass is 16.5. The van der Waals surface area contributed by atoms with Gasteiger partial charge in [-0.2, -0.15) is 0 Å². The van der Waals surface area contributed by atoms with Gasteiger partial charge in [0.2, 0.25) is 5.91 Å². The molecule has 2 atom stereocenters. The summed E-state index contributed by atoms with van der Waals surface area (Å²) in [6.07, 6.45) is -1.98. The summed E-state index contributed by atoms with van der Waals surface area (Å²) in [4.78, 5) is 34.7. The van der Waals surface area contributed by atoms with E-state index < -0.39 is 30.2 Å². The maximum absolute atomic E-state index is 12.1. The van der Waals surface area contributed by atoms with E-state index in [0.29, 0.717) is 6.42 Å². The van der Waals surface area contributed by atoms with Crippen LogP contribution in [0.5, 0.6) is 0 Å². The number of hydrogen-bond acceptors (Lipinski definition) is 5. The van der Waals surface area contributed by atoms with Crippen LogP contribution in [0.4, 0.5) is 4.79 Å². The number of benzene rings is 1. The molecule has 0 aromatic heterocycles. The molecule has 0 saturated heterocycles. The lowest BCUT2D eigenvalue weighted by Gasteiger charge is -2.21. The van der Waals surface area contributed by atoms with E-state index in [0.717, 1.165) is 5.56 Å². The standard InChI is InChI=1S/C16H23N3O5/c1-10(2)8-12(14(20)19-13(17)15(21)22)18-16(23)24-9-11-6-4-3-5-7-11/h3-7,10,12-13H,8-9,17H2,1-2H3,(H,18,23)(H,19,20)(H,21,22)/t12-,13+/m0/s1. The van der Waals surface area contributed by atoms with E-state index in [9.17, 15) is 14.4 Å². The van der Waals surface area contributed by atoms with Gasteiger partial charge < -0.3 is 26.2 Å². The molecule has 0 aliphatic carbocycles. The number of carboxylic acid groups (broad SMARTS) is 1. The molecule has 5 N–H and O–H groups in total. The van der Waals surface area contributed by atoms with Gasteiger partial charge >= 0.3 is 12.1 Å². The van der Waals surface area contributed by atoms with E-state index >= 15 is 0 Å². The fourth-order valence-electron chi connectivity index (χ4n) is 1.93. The molecule has 0 saturated carbocycles. The van der Waals surface area contributed by atoms with Crippen LogP contribution < -0.4 is 16.4 Å². The molecule has 0 aliphatic rings. The number of amides is 2. The van der Waals surface area contributed by atoms with Gasteiger partial charge in [-0.15, -0.1) is 0 Å². The Labute approximate surface area is 140 Å². The first-order valence-electron chi connectivity index (χ1n) is 7.55. The molecule has 2 amide bonds. The van der Waals surface area contributed by atoms with Gasteiger partial charge in [-0.1, -0.05) is 44.2 Å². The van der Waals surface area contributed by atoms with Crippen molar-refractivity contribution in [1.29, 1.82) is 0 Å². The van der Waals surface area contributed by atoms with E-state index in [1.165, 1.54) is 0 Å². The summed E-state index contributed by atoms with van der Waals surface area (Å²) < 4.78 is 5.07. The highest BCUT2D eigenvalue weighted by Crippen LogP contribution is 2.06. The summed E-state index contributed by atoms with van der Waals surface area (Å²) in [6, 6.07) is 8.16. The topological polar surface area (TPSA) is 131 Å². The maximum atomic E-state index is 12.1. The number of alkyl carbamates (subject to hydrolysis) is 1. The average molecular weight is 337 g/mol. The van der Waals surface area contributed by atoms with Gasteiger partial charge in [0.1, 0.15) is 12.6 Å². The number of ether oxygens (including phenoxy) is 1. The van der Waals surface area contributed by atoms with Crippen molar-refractivity contribution >= 4 is 18.0 Å². The van der Waals surface area contributed by atoms with Crippen LogP contribution in [0, 0.1) is 5.92 Å². The minimum atomic E-state index is -1.53. The minimum Gasteiger partial charge on any atom is -0.479 e. The molecule has 0 unspecified atom stereocenters. The van der Waals surface area contributed by atoms with Crippen LogP contribution in [-0.2, 0) is 20.9 Å². The van der Waals surface area contributed by atoms with E-state index in [1.807, 2.05) is 32.0 Å². The highest BCUT2D eigenvalue weighted by molar-refractivity contribution is 5.88. The molecule has 132 valence electrons. The first-order valence-corrected chi connectivity index (χ1v) is 7.55. The molecule has 8 nitrogen and oxygen atoms in total. The zero-order chi connectivity index (χ0) is 18.1. The number of carbonyl (C=O) groups is 3. The quantitative estimate of drug-likeness (QED) is 0.519. The summed E-state index contributed by atoms with van der Waals surface area (Å²) in [5.74, 6) is -1.94. The molecule has 8 heteroatoms. The predicted octanol–water partition coefficient (Wildman–Crippen LogP) is 0.813. The molecule has 0 radical (unpaired) electrons. The van der Waals surface area contributed by atoms with Crippen LogP contribution in [0.2, 0.25) is 0 Å². The van der Waals surface area contributed by atoms with Gasteiger partial charge in [0.25, 0.3) is 0 Å². The monoisotopic (exact) mass is 337 g/mol. The Kier molecular flexibility index (Phi) is 7.70. The number of rotatable bonds is 8. The van der Waals surface area contributed by atoms with Crippen LogP contribution >= 0.6 is 0 Å². The Morgan fingerprint density at radius 2 is 1.79 bits per heavy atom. The van der Waals surface area contributed by atoms with Gasteiger partial charge in [-0.05, 0) is 17.9 Å². The van der Waals surface area contributed by atoms with Crippen molar-refractivity contribution < 1.29 is 24.2 Å². The van der Waals surface area contributed by atoms with Crippen LogP contribution in [0.25, 0.3) is 0 Å². The Morgan fingerprint density at radius 1 is 1.17 bits per heavy atom. The Morgan fingerprint density at radius 3 is 2.33 bits per heavy atom. The minimum absolute atomic E-state index is 0.0668. The van der Waals surface area contributed by atoms with Crippen molar-refractivity contribution in [2.45, 2.75) is 39.1 Å². The van der Waals surface area contributed by atoms with E-state index in [2.05, 4.69) is 10.6 Å². The Balaban J connectivity index is 2.59. The van der Waals surface area contributed by atoms with Gasteiger partial charge in [-0.3, -0.25) is 4.79 Å². The molecule has 0 aliphatic heterocycles. The van der Waals surface area contributed by atoms with E-state index in [-0.39, 0.29) is 12.5 Å². The SMILES string of the molecule is CC(C)C[C@H](NC(=O)OCc1ccccc1)C(=O)N[C@@H](N)C(=O)O. The van der Waals surface area contributed by atoms with Gasteiger partial charge in [0, 0.05) is 0 Å². The number of hydrogen-bond donors (Lipinski definition) is 4. The van der Waals surface area contributed by atoms with Gasteiger partial charge in [0.05, 0.1) is 0 Å². The highest BCUT2D eigenvalue weighted by Gasteiger charge is 2.25. The van der Waals surface area contributed by atoms with Crippen molar-refractivity contribution in [3.05, 3.63) is 35.9 Å². The van der Waals surface area contributed by atoms with Gasteiger partial charge in [-0.25, -0.2) is 9.59 Å². The summed E-state index contributed by atoms with van der Waals surface area (Å²) >= 11 is 0. The fourth-order valence-corrected chi connectivity index (χ4v) is 1.93. The predicted molar refractivity (Wildman–Crippen MR) is 86.8 cm³/mol. The Bertz CT molecular complexity index is 562. The normalized spacial score (nSPS) is 13.0. The lowest BCUT2D eigenvalue weighted by Crippen LogP contribution is -2.55. The van der Waals surface area contributed by atoms with Gasteiger partial charge in [0.15, 0.2) is 6.17 Å². The second-order valence-corrected chi connectivity index (χ2v) is 5.71. The molecular weight excluding hydrogens is 314 g/mol. The van der Waals surface area contributed by atoms with Crippen molar-refractivity contribution in [3.8, 4) is 0 Å². The molecule has 0 bridgehead atoms. The molecule has 24 heavy (non-hydrogen) atoms. The lowest BCUT2D eigenvalue weighted by atomic mass is 10.0. The third kappa shape index (κ3) is 7.10. The zero-order valence-corrected chi connectivity index (χ0v) is 13.7. The number of carbonyl (C=O) groups excluding carboxylic acids is 2.